The number of rotatable bonds is 8. The quantitative estimate of drug-likeness (QED) is 0.762. The van der Waals surface area contributed by atoms with Crippen LogP contribution >= 0.6 is 0 Å². The van der Waals surface area contributed by atoms with Gasteiger partial charge in [-0.3, -0.25) is 0 Å². The lowest BCUT2D eigenvalue weighted by atomic mass is 9.95. The van der Waals surface area contributed by atoms with Crippen molar-refractivity contribution >= 4 is 0 Å². The van der Waals surface area contributed by atoms with Crippen molar-refractivity contribution in [2.24, 2.45) is 0 Å². The molecule has 1 aromatic carbocycles. The van der Waals surface area contributed by atoms with E-state index in [9.17, 15) is 0 Å². The molecule has 1 aliphatic rings. The molecule has 3 nitrogen and oxygen atoms in total. The van der Waals surface area contributed by atoms with E-state index in [0.717, 1.165) is 11.7 Å². The van der Waals surface area contributed by atoms with E-state index in [4.69, 9.17) is 4.74 Å². The van der Waals surface area contributed by atoms with Crippen molar-refractivity contribution in [2.75, 3.05) is 7.11 Å². The van der Waals surface area contributed by atoms with Gasteiger partial charge in [0.05, 0.1) is 18.5 Å². The first-order valence-corrected chi connectivity index (χ1v) is 7.85. The second kappa shape index (κ2) is 6.99. The average molecular weight is 288 g/mol. The Labute approximate surface area is 128 Å². The summed E-state index contributed by atoms with van der Waals surface area (Å²) in [7, 11) is 1.74. The zero-order chi connectivity index (χ0) is 15.4. The highest BCUT2D eigenvalue weighted by atomic mass is 16.5. The van der Waals surface area contributed by atoms with Gasteiger partial charge >= 0.3 is 0 Å². The number of methoxy groups -OCH3 is 1. The van der Waals surface area contributed by atoms with E-state index >= 15 is 0 Å². The van der Waals surface area contributed by atoms with Crippen molar-refractivity contribution in [3.05, 3.63) is 47.3 Å². The Bertz CT molecular complexity index is 492. The lowest BCUT2D eigenvalue weighted by Crippen LogP contribution is -2.32. The summed E-state index contributed by atoms with van der Waals surface area (Å²) in [5.41, 5.74) is 4.08. The first-order valence-electron chi connectivity index (χ1n) is 7.85. The largest absolute Gasteiger partial charge is 0.380 e. The predicted octanol–water partition coefficient (Wildman–Crippen LogP) is 3.83. The van der Waals surface area contributed by atoms with Crippen LogP contribution in [0.2, 0.25) is 0 Å². The molecule has 0 saturated heterocycles. The van der Waals surface area contributed by atoms with E-state index < -0.39 is 0 Å². The third-order valence-electron chi connectivity index (χ3n) is 3.80. The highest BCUT2D eigenvalue weighted by Crippen LogP contribution is 2.43. The normalized spacial score (nSPS) is 15.9. The van der Waals surface area contributed by atoms with Gasteiger partial charge in [0.2, 0.25) is 0 Å². The van der Waals surface area contributed by atoms with Gasteiger partial charge in [0.1, 0.15) is 0 Å². The Morgan fingerprint density at radius 2 is 2.00 bits per heavy atom. The first-order chi connectivity index (χ1) is 10.0. The summed E-state index contributed by atoms with van der Waals surface area (Å²) in [5, 5.41) is 6.79. The fourth-order valence-electron chi connectivity index (χ4n) is 2.75. The van der Waals surface area contributed by atoms with E-state index in [0.29, 0.717) is 12.6 Å². The number of benzene rings is 1. The monoisotopic (exact) mass is 288 g/mol. The summed E-state index contributed by atoms with van der Waals surface area (Å²) in [6, 6.07) is 7.38. The number of ether oxygens (including phenoxy) is 1. The maximum Gasteiger partial charge on any atom is 0.0919 e. The van der Waals surface area contributed by atoms with Crippen LogP contribution in [0.25, 0.3) is 0 Å². The molecule has 2 N–H and O–H groups in total. The summed E-state index contributed by atoms with van der Waals surface area (Å²) in [5.74, 6) is 1.63. The van der Waals surface area contributed by atoms with Gasteiger partial charge in [-0.2, -0.15) is 0 Å². The minimum absolute atomic E-state index is 0.246. The van der Waals surface area contributed by atoms with Crippen molar-refractivity contribution in [3.8, 4) is 0 Å². The van der Waals surface area contributed by atoms with Gasteiger partial charge in [-0.25, -0.2) is 0 Å². The molecule has 0 aliphatic heterocycles. The Morgan fingerprint density at radius 1 is 1.29 bits per heavy atom. The Balaban J connectivity index is 2.14. The molecule has 1 aromatic rings. The van der Waals surface area contributed by atoms with E-state index in [1.54, 1.807) is 7.11 Å². The highest BCUT2D eigenvalue weighted by Gasteiger charge is 2.27. The molecule has 1 unspecified atom stereocenters. The molecule has 2 rings (SSSR count). The number of hydrogen-bond donors (Lipinski definition) is 2. The van der Waals surface area contributed by atoms with Crippen LogP contribution in [0.1, 0.15) is 62.3 Å². The minimum Gasteiger partial charge on any atom is -0.380 e. The molecule has 0 heterocycles. The van der Waals surface area contributed by atoms with Crippen molar-refractivity contribution in [3.63, 3.8) is 0 Å². The molecular formula is C18H28N2O. The Kier molecular flexibility index (Phi) is 5.29. The first kappa shape index (κ1) is 15.9. The molecule has 0 amide bonds. The average Bonchev–Trinajstić information content (AvgIpc) is 3.22. The van der Waals surface area contributed by atoms with Gasteiger partial charge in [-0.1, -0.05) is 24.8 Å². The molecule has 0 radical (unpaired) electrons. The molecule has 1 fully saturated rings. The standard InChI is InChI=1S/C18H28N2O/c1-12(2)19-14(4)20-13(3)18-10-15(11-21-5)6-9-17(18)16-7-8-16/h6,9-10,12-13,16,19-20H,4,7-8,11H2,1-3,5H3. The Morgan fingerprint density at radius 3 is 2.57 bits per heavy atom. The van der Waals surface area contributed by atoms with Crippen LogP contribution in [0, 0.1) is 0 Å². The maximum absolute atomic E-state index is 5.26. The molecule has 116 valence electrons. The van der Waals surface area contributed by atoms with Crippen molar-refractivity contribution in [2.45, 2.75) is 58.2 Å². The second-order valence-electron chi connectivity index (χ2n) is 6.31. The molecule has 0 spiro atoms. The molecule has 0 bridgehead atoms. The molecule has 1 saturated carbocycles. The number of hydrogen-bond acceptors (Lipinski definition) is 3. The van der Waals surface area contributed by atoms with Gasteiger partial charge in [-0.15, -0.1) is 0 Å². The maximum atomic E-state index is 5.26. The van der Waals surface area contributed by atoms with Crippen LogP contribution in [-0.4, -0.2) is 13.2 Å². The van der Waals surface area contributed by atoms with E-state index in [-0.39, 0.29) is 6.04 Å². The van der Waals surface area contributed by atoms with Crippen LogP contribution in [0.3, 0.4) is 0 Å². The SMILES string of the molecule is C=C(NC(C)C)NC(C)c1cc(COC)ccc1C1CC1. The van der Waals surface area contributed by atoms with Crippen molar-refractivity contribution in [1.29, 1.82) is 0 Å². The highest BCUT2D eigenvalue weighted by molar-refractivity contribution is 5.39. The second-order valence-corrected chi connectivity index (χ2v) is 6.31. The third kappa shape index (κ3) is 4.50. The summed E-state index contributed by atoms with van der Waals surface area (Å²) < 4.78 is 5.26. The molecular weight excluding hydrogens is 260 g/mol. The molecule has 0 aromatic heterocycles. The topological polar surface area (TPSA) is 33.3 Å². The van der Waals surface area contributed by atoms with Gasteiger partial charge < -0.3 is 15.4 Å². The fraction of sp³-hybridized carbons (Fsp3) is 0.556. The lowest BCUT2D eigenvalue weighted by Gasteiger charge is -2.23. The minimum atomic E-state index is 0.246. The summed E-state index contributed by atoms with van der Waals surface area (Å²) in [4.78, 5) is 0. The molecule has 1 aliphatic carbocycles. The van der Waals surface area contributed by atoms with Crippen molar-refractivity contribution in [1.82, 2.24) is 10.6 Å². The van der Waals surface area contributed by atoms with E-state index in [1.165, 1.54) is 29.5 Å². The van der Waals surface area contributed by atoms with E-state index in [1.807, 2.05) is 0 Å². The fourth-order valence-corrected chi connectivity index (χ4v) is 2.75. The van der Waals surface area contributed by atoms with Crippen LogP contribution < -0.4 is 10.6 Å². The van der Waals surface area contributed by atoms with Gasteiger partial charge in [0, 0.05) is 13.2 Å². The van der Waals surface area contributed by atoms with Crippen LogP contribution in [0.5, 0.6) is 0 Å². The number of nitrogens with one attached hydrogen (secondary N) is 2. The van der Waals surface area contributed by atoms with Crippen LogP contribution in [0.4, 0.5) is 0 Å². The summed E-state index contributed by atoms with van der Waals surface area (Å²) >= 11 is 0. The zero-order valence-corrected chi connectivity index (χ0v) is 13.7. The van der Waals surface area contributed by atoms with Crippen LogP contribution in [0.15, 0.2) is 30.6 Å². The smallest absolute Gasteiger partial charge is 0.0919 e. The van der Waals surface area contributed by atoms with Crippen molar-refractivity contribution < 1.29 is 4.74 Å². The van der Waals surface area contributed by atoms with Gasteiger partial charge in [0.25, 0.3) is 0 Å². The molecule has 1 atom stereocenters. The van der Waals surface area contributed by atoms with Gasteiger partial charge in [0.15, 0.2) is 0 Å². The summed E-state index contributed by atoms with van der Waals surface area (Å²) in [6.07, 6.45) is 2.63. The third-order valence-corrected chi connectivity index (χ3v) is 3.80. The summed E-state index contributed by atoms with van der Waals surface area (Å²) in [6.45, 7) is 11.2. The van der Waals surface area contributed by atoms with Gasteiger partial charge in [-0.05, 0) is 56.2 Å². The van der Waals surface area contributed by atoms with E-state index in [2.05, 4.69) is 56.2 Å². The lowest BCUT2D eigenvalue weighted by molar-refractivity contribution is 0.185. The van der Waals surface area contributed by atoms with Crippen LogP contribution in [-0.2, 0) is 11.3 Å². The zero-order valence-electron chi connectivity index (χ0n) is 13.7. The molecule has 21 heavy (non-hydrogen) atoms. The Hall–Kier alpha value is -1.48. The molecule has 3 heteroatoms. The predicted molar refractivity (Wildman–Crippen MR) is 88.1 cm³/mol.